The third kappa shape index (κ3) is 2.22. The highest BCUT2D eigenvalue weighted by atomic mass is 32.2. The summed E-state index contributed by atoms with van der Waals surface area (Å²) in [5.74, 6) is -2.30. The Kier molecular flexibility index (Phi) is 3.60. The van der Waals surface area contributed by atoms with Crippen molar-refractivity contribution < 1.29 is 18.5 Å². The molecule has 0 N–H and O–H groups in total. The molecule has 0 aromatic heterocycles. The molecule has 0 saturated carbocycles. The summed E-state index contributed by atoms with van der Waals surface area (Å²) in [7, 11) is 0. The van der Waals surface area contributed by atoms with Gasteiger partial charge in [0.25, 0.3) is 0 Å². The molecule has 4 nitrogen and oxygen atoms in total. The smallest absolute Gasteiger partial charge is 0.294 e. The lowest BCUT2D eigenvalue weighted by Gasteiger charge is -2.09. The predicted molar refractivity (Wildman–Crippen MR) is 62.8 cm³/mol. The minimum atomic E-state index is -1.37. The van der Waals surface area contributed by atoms with Crippen LogP contribution in [0, 0.1) is 27.7 Å². The van der Waals surface area contributed by atoms with Gasteiger partial charge in [0.2, 0.25) is 5.82 Å². The number of nitro groups is 1. The van der Waals surface area contributed by atoms with Crippen molar-refractivity contribution in [2.45, 2.75) is 6.42 Å². The van der Waals surface area contributed by atoms with E-state index in [4.69, 9.17) is 0 Å². The summed E-state index contributed by atoms with van der Waals surface area (Å²) in [6.07, 6.45) is 0.547. The Morgan fingerprint density at radius 3 is 2.72 bits per heavy atom. The van der Waals surface area contributed by atoms with Crippen molar-refractivity contribution in [1.29, 1.82) is 0 Å². The molecule has 18 heavy (non-hydrogen) atoms. The number of carbonyl (C=O) groups excluding carboxylic acids is 1. The van der Waals surface area contributed by atoms with E-state index in [1.54, 1.807) is 0 Å². The van der Waals surface area contributed by atoms with Crippen LogP contribution in [0.3, 0.4) is 0 Å². The molecule has 1 fully saturated rings. The first-order chi connectivity index (χ1) is 8.52. The third-order valence-corrected chi connectivity index (χ3v) is 3.98. The predicted octanol–water partition coefficient (Wildman–Crippen LogP) is 2.81. The Morgan fingerprint density at radius 2 is 2.17 bits per heavy atom. The molecule has 1 aromatic rings. The van der Waals surface area contributed by atoms with Crippen molar-refractivity contribution in [3.63, 3.8) is 0 Å². The molecule has 1 heterocycles. The van der Waals surface area contributed by atoms with E-state index in [1.165, 1.54) is 11.8 Å². The van der Waals surface area contributed by atoms with Crippen molar-refractivity contribution in [3.8, 4) is 0 Å². The molecule has 0 aliphatic carbocycles. The highest BCUT2D eigenvalue weighted by molar-refractivity contribution is 7.99. The second-order valence-corrected chi connectivity index (χ2v) is 5.09. The van der Waals surface area contributed by atoms with Gasteiger partial charge in [0, 0.05) is 17.7 Å². The van der Waals surface area contributed by atoms with Crippen LogP contribution in [0.15, 0.2) is 12.1 Å². The molecule has 0 bridgehead atoms. The quantitative estimate of drug-likeness (QED) is 0.482. The molecule has 1 aliphatic heterocycles. The second-order valence-electron chi connectivity index (χ2n) is 3.94. The van der Waals surface area contributed by atoms with Gasteiger partial charge in [0.05, 0.1) is 10.5 Å². The zero-order valence-electron chi connectivity index (χ0n) is 9.19. The van der Waals surface area contributed by atoms with Crippen molar-refractivity contribution in [2.75, 3.05) is 11.5 Å². The highest BCUT2D eigenvalue weighted by Crippen LogP contribution is 2.30. The van der Waals surface area contributed by atoms with Crippen LogP contribution < -0.4 is 0 Å². The van der Waals surface area contributed by atoms with Gasteiger partial charge in [0.15, 0.2) is 5.78 Å². The van der Waals surface area contributed by atoms with Crippen LogP contribution in [0.4, 0.5) is 14.5 Å². The number of hydrogen-bond donors (Lipinski definition) is 0. The van der Waals surface area contributed by atoms with Gasteiger partial charge in [-0.05, 0) is 18.2 Å². The second kappa shape index (κ2) is 5.01. The maximum absolute atomic E-state index is 13.8. The van der Waals surface area contributed by atoms with E-state index in [9.17, 15) is 23.7 Å². The van der Waals surface area contributed by atoms with Crippen molar-refractivity contribution in [2.24, 2.45) is 5.92 Å². The van der Waals surface area contributed by atoms with Gasteiger partial charge < -0.3 is 0 Å². The fourth-order valence-corrected chi connectivity index (χ4v) is 3.07. The van der Waals surface area contributed by atoms with Gasteiger partial charge >= 0.3 is 5.69 Å². The molecule has 1 atom stereocenters. The van der Waals surface area contributed by atoms with E-state index >= 15 is 0 Å². The van der Waals surface area contributed by atoms with Gasteiger partial charge in [-0.2, -0.15) is 16.2 Å². The van der Waals surface area contributed by atoms with E-state index in [2.05, 4.69) is 0 Å². The van der Waals surface area contributed by atoms with Gasteiger partial charge in [0.1, 0.15) is 5.82 Å². The standard InChI is InChI=1S/C11H9F2NO3S/c12-7-1-2-8(14(16)17)10(13)9(7)11(15)6-3-4-18-5-6/h1-2,6H,3-5H2. The number of rotatable bonds is 3. The maximum Gasteiger partial charge on any atom is 0.305 e. The number of halogens is 2. The Labute approximate surface area is 106 Å². The lowest BCUT2D eigenvalue weighted by atomic mass is 9.96. The third-order valence-electron chi connectivity index (χ3n) is 2.81. The summed E-state index contributed by atoms with van der Waals surface area (Å²) in [5, 5.41) is 10.6. The first kappa shape index (κ1) is 12.9. The van der Waals surface area contributed by atoms with Gasteiger partial charge in [-0.3, -0.25) is 14.9 Å². The minimum absolute atomic E-state index is 0.457. The average Bonchev–Trinajstić information content (AvgIpc) is 2.81. The van der Waals surface area contributed by atoms with Gasteiger partial charge in [-0.15, -0.1) is 0 Å². The number of hydrogen-bond acceptors (Lipinski definition) is 4. The van der Waals surface area contributed by atoms with E-state index < -0.39 is 39.5 Å². The average molecular weight is 273 g/mol. The van der Waals surface area contributed by atoms with Crippen LogP contribution in [0.5, 0.6) is 0 Å². The molecule has 0 radical (unpaired) electrons. The van der Waals surface area contributed by atoms with Crippen molar-refractivity contribution >= 4 is 23.2 Å². The summed E-state index contributed by atoms with van der Waals surface area (Å²) in [6, 6.07) is 1.49. The summed E-state index contributed by atoms with van der Waals surface area (Å²) in [4.78, 5) is 21.5. The van der Waals surface area contributed by atoms with E-state index in [1.807, 2.05) is 0 Å². The van der Waals surface area contributed by atoms with Crippen LogP contribution in [0.2, 0.25) is 0 Å². The lowest BCUT2D eigenvalue weighted by Crippen LogP contribution is -2.18. The molecule has 0 spiro atoms. The van der Waals surface area contributed by atoms with Crippen LogP contribution in [-0.4, -0.2) is 22.2 Å². The molecule has 96 valence electrons. The molecule has 1 aliphatic rings. The van der Waals surface area contributed by atoms with Crippen LogP contribution in [0.1, 0.15) is 16.8 Å². The van der Waals surface area contributed by atoms with E-state index in [0.29, 0.717) is 12.2 Å². The Balaban J connectivity index is 2.45. The van der Waals surface area contributed by atoms with E-state index in [-0.39, 0.29) is 0 Å². The zero-order chi connectivity index (χ0) is 13.3. The number of benzene rings is 1. The first-order valence-corrected chi connectivity index (χ1v) is 6.42. The van der Waals surface area contributed by atoms with Gasteiger partial charge in [-0.1, -0.05) is 0 Å². The van der Waals surface area contributed by atoms with Crippen LogP contribution in [-0.2, 0) is 0 Å². The number of thioether (sulfide) groups is 1. The lowest BCUT2D eigenvalue weighted by molar-refractivity contribution is -0.387. The summed E-state index contributed by atoms with van der Waals surface area (Å²) in [5.41, 5.74) is -1.65. The number of nitro benzene ring substituents is 1. The Bertz CT molecular complexity index is 515. The normalized spacial score (nSPS) is 18.9. The topological polar surface area (TPSA) is 60.2 Å². The highest BCUT2D eigenvalue weighted by Gasteiger charge is 2.32. The minimum Gasteiger partial charge on any atom is -0.294 e. The number of Topliss-reactive ketones (excluding diaryl/α,β-unsaturated/α-hetero) is 1. The monoisotopic (exact) mass is 273 g/mol. The molecule has 1 saturated heterocycles. The number of carbonyl (C=O) groups is 1. The largest absolute Gasteiger partial charge is 0.305 e. The van der Waals surface area contributed by atoms with Crippen LogP contribution in [0.25, 0.3) is 0 Å². The van der Waals surface area contributed by atoms with Gasteiger partial charge in [-0.25, -0.2) is 4.39 Å². The Morgan fingerprint density at radius 1 is 1.44 bits per heavy atom. The summed E-state index contributed by atoms with van der Waals surface area (Å²) < 4.78 is 27.3. The fraction of sp³-hybridized carbons (Fsp3) is 0.364. The number of nitrogens with zero attached hydrogens (tertiary/aromatic N) is 1. The Hall–Kier alpha value is -1.50. The molecular weight excluding hydrogens is 264 g/mol. The molecule has 0 amide bonds. The number of ketones is 1. The SMILES string of the molecule is O=C(c1c(F)ccc([N+](=O)[O-])c1F)C1CCSC1. The maximum atomic E-state index is 13.8. The summed E-state index contributed by atoms with van der Waals surface area (Å²) >= 11 is 1.53. The summed E-state index contributed by atoms with van der Waals surface area (Å²) in [6.45, 7) is 0. The zero-order valence-corrected chi connectivity index (χ0v) is 10.0. The molecular formula is C11H9F2NO3S. The molecule has 7 heteroatoms. The fourth-order valence-electron chi connectivity index (χ4n) is 1.85. The van der Waals surface area contributed by atoms with Crippen molar-refractivity contribution in [1.82, 2.24) is 0 Å². The first-order valence-electron chi connectivity index (χ1n) is 5.26. The molecule has 1 aromatic carbocycles. The molecule has 2 rings (SSSR count). The van der Waals surface area contributed by atoms with Crippen molar-refractivity contribution in [3.05, 3.63) is 39.4 Å². The molecule has 1 unspecified atom stereocenters. The van der Waals surface area contributed by atoms with Crippen LogP contribution >= 0.6 is 11.8 Å². The van der Waals surface area contributed by atoms with E-state index in [0.717, 1.165) is 17.9 Å².